The van der Waals surface area contributed by atoms with Crippen LogP contribution in [0.25, 0.3) is 10.9 Å². The Morgan fingerprint density at radius 1 is 1.00 bits per heavy atom. The molecule has 0 unspecified atom stereocenters. The van der Waals surface area contributed by atoms with Crippen molar-refractivity contribution in [3.05, 3.63) is 65.9 Å². The number of fused-ring (bicyclic) bond motifs is 1. The summed E-state index contributed by atoms with van der Waals surface area (Å²) in [6.07, 6.45) is 4.07. The van der Waals surface area contributed by atoms with Crippen molar-refractivity contribution in [2.75, 3.05) is 38.0 Å². The molecule has 0 atom stereocenters. The van der Waals surface area contributed by atoms with Gasteiger partial charge in [0.25, 0.3) is 0 Å². The van der Waals surface area contributed by atoms with Crippen molar-refractivity contribution in [2.24, 2.45) is 0 Å². The molecule has 0 aliphatic carbocycles. The van der Waals surface area contributed by atoms with E-state index in [1.165, 1.54) is 22.0 Å². The summed E-state index contributed by atoms with van der Waals surface area (Å²) in [5, 5.41) is 4.40. The van der Waals surface area contributed by atoms with Crippen molar-refractivity contribution in [3.63, 3.8) is 0 Å². The van der Waals surface area contributed by atoms with Gasteiger partial charge >= 0.3 is 6.03 Å². The van der Waals surface area contributed by atoms with Crippen LogP contribution in [0.3, 0.4) is 0 Å². The van der Waals surface area contributed by atoms with Gasteiger partial charge in [0.1, 0.15) is 0 Å². The SMILES string of the molecule is CCc1ccccc1NC(=O)N1CCN(CCc2c[nH]c3ccccc23)CC1. The molecule has 0 spiro atoms. The van der Waals surface area contributed by atoms with Gasteiger partial charge in [-0.2, -0.15) is 0 Å². The predicted molar refractivity (Wildman–Crippen MR) is 115 cm³/mol. The summed E-state index contributed by atoms with van der Waals surface area (Å²) in [4.78, 5) is 20.4. The first-order chi connectivity index (χ1) is 13.7. The predicted octanol–water partition coefficient (Wildman–Crippen LogP) is 4.12. The molecule has 1 aromatic heterocycles. The van der Waals surface area contributed by atoms with Crippen LogP contribution < -0.4 is 5.32 Å². The number of carbonyl (C=O) groups excluding carboxylic acids is 1. The largest absolute Gasteiger partial charge is 0.361 e. The topological polar surface area (TPSA) is 51.4 Å². The van der Waals surface area contributed by atoms with Crippen LogP contribution in [0.5, 0.6) is 0 Å². The molecule has 3 aromatic rings. The van der Waals surface area contributed by atoms with Crippen LogP contribution in [-0.4, -0.2) is 53.5 Å². The van der Waals surface area contributed by atoms with E-state index >= 15 is 0 Å². The van der Waals surface area contributed by atoms with Crippen molar-refractivity contribution in [1.82, 2.24) is 14.8 Å². The van der Waals surface area contributed by atoms with E-state index in [2.05, 4.69) is 58.7 Å². The van der Waals surface area contributed by atoms with Gasteiger partial charge in [-0.1, -0.05) is 43.3 Å². The summed E-state index contributed by atoms with van der Waals surface area (Å²) >= 11 is 0. The number of H-pyrrole nitrogens is 1. The van der Waals surface area contributed by atoms with E-state index in [0.717, 1.165) is 51.3 Å². The van der Waals surface area contributed by atoms with E-state index in [1.807, 2.05) is 23.1 Å². The minimum Gasteiger partial charge on any atom is -0.361 e. The van der Waals surface area contributed by atoms with Crippen LogP contribution in [-0.2, 0) is 12.8 Å². The molecule has 2 amide bonds. The molecule has 1 aliphatic rings. The first kappa shape index (κ1) is 18.6. The molecule has 1 aliphatic heterocycles. The Balaban J connectivity index is 1.28. The summed E-state index contributed by atoms with van der Waals surface area (Å²) in [5.74, 6) is 0. The third-order valence-electron chi connectivity index (χ3n) is 5.67. The summed E-state index contributed by atoms with van der Waals surface area (Å²) in [7, 11) is 0. The van der Waals surface area contributed by atoms with E-state index in [9.17, 15) is 4.79 Å². The van der Waals surface area contributed by atoms with Gasteiger partial charge in [-0.3, -0.25) is 4.90 Å². The maximum atomic E-state index is 12.6. The molecule has 0 bridgehead atoms. The summed E-state index contributed by atoms with van der Waals surface area (Å²) in [5.41, 5.74) is 4.67. The first-order valence-electron chi connectivity index (χ1n) is 10.2. The summed E-state index contributed by atoms with van der Waals surface area (Å²) < 4.78 is 0. The van der Waals surface area contributed by atoms with Gasteiger partial charge in [-0.15, -0.1) is 0 Å². The van der Waals surface area contributed by atoms with Gasteiger partial charge in [0, 0.05) is 55.5 Å². The average molecular weight is 377 g/mol. The van der Waals surface area contributed by atoms with Crippen LogP contribution in [0.1, 0.15) is 18.1 Å². The summed E-state index contributed by atoms with van der Waals surface area (Å²) in [6, 6.07) is 16.5. The van der Waals surface area contributed by atoms with E-state index in [0.29, 0.717) is 0 Å². The van der Waals surface area contributed by atoms with Gasteiger partial charge in [0.15, 0.2) is 0 Å². The quantitative estimate of drug-likeness (QED) is 0.704. The lowest BCUT2D eigenvalue weighted by atomic mass is 10.1. The second kappa shape index (κ2) is 8.48. The highest BCUT2D eigenvalue weighted by atomic mass is 16.2. The number of aromatic nitrogens is 1. The van der Waals surface area contributed by atoms with Gasteiger partial charge in [0.2, 0.25) is 0 Å². The smallest absolute Gasteiger partial charge is 0.321 e. The first-order valence-corrected chi connectivity index (χ1v) is 10.2. The van der Waals surface area contributed by atoms with Crippen LogP contribution in [0.2, 0.25) is 0 Å². The van der Waals surface area contributed by atoms with E-state index in [1.54, 1.807) is 0 Å². The maximum Gasteiger partial charge on any atom is 0.321 e. The molecule has 28 heavy (non-hydrogen) atoms. The number of aryl methyl sites for hydroxylation is 1. The fourth-order valence-corrected chi connectivity index (χ4v) is 3.94. The second-order valence-electron chi connectivity index (χ2n) is 7.38. The zero-order valence-electron chi connectivity index (χ0n) is 16.4. The number of hydrogen-bond donors (Lipinski definition) is 2. The van der Waals surface area contributed by atoms with Gasteiger partial charge in [-0.25, -0.2) is 4.79 Å². The standard InChI is InChI=1S/C23H28N4O/c1-2-18-7-3-5-9-21(18)25-23(28)27-15-13-26(14-16-27)12-11-19-17-24-22-10-6-4-8-20(19)22/h3-10,17,24H,2,11-16H2,1H3,(H,25,28). The molecule has 0 saturated carbocycles. The number of nitrogens with one attached hydrogen (secondary N) is 2. The fraction of sp³-hybridized carbons (Fsp3) is 0.348. The minimum absolute atomic E-state index is 0.0113. The van der Waals surface area contributed by atoms with E-state index < -0.39 is 0 Å². The normalized spacial score (nSPS) is 15.1. The van der Waals surface area contributed by atoms with Crippen molar-refractivity contribution >= 4 is 22.6 Å². The van der Waals surface area contributed by atoms with Crippen molar-refractivity contribution in [2.45, 2.75) is 19.8 Å². The van der Waals surface area contributed by atoms with Crippen LogP contribution >= 0.6 is 0 Å². The lowest BCUT2D eigenvalue weighted by molar-refractivity contribution is 0.148. The number of carbonyl (C=O) groups is 1. The lowest BCUT2D eigenvalue weighted by Crippen LogP contribution is -2.50. The number of piperazine rings is 1. The van der Waals surface area contributed by atoms with Crippen molar-refractivity contribution in [1.29, 1.82) is 0 Å². The Labute approximate surface area is 166 Å². The van der Waals surface area contributed by atoms with Crippen LogP contribution in [0, 0.1) is 0 Å². The highest BCUT2D eigenvalue weighted by molar-refractivity contribution is 5.90. The Morgan fingerprint density at radius 3 is 2.57 bits per heavy atom. The van der Waals surface area contributed by atoms with Gasteiger partial charge in [0.05, 0.1) is 0 Å². The number of amides is 2. The van der Waals surface area contributed by atoms with Crippen LogP contribution in [0.15, 0.2) is 54.7 Å². The number of hydrogen-bond acceptors (Lipinski definition) is 2. The van der Waals surface area contributed by atoms with Gasteiger partial charge < -0.3 is 15.2 Å². The highest BCUT2D eigenvalue weighted by Gasteiger charge is 2.21. The molecule has 2 heterocycles. The Bertz CT molecular complexity index is 940. The number of rotatable bonds is 5. The van der Waals surface area contributed by atoms with E-state index in [-0.39, 0.29) is 6.03 Å². The average Bonchev–Trinajstić information content (AvgIpc) is 3.16. The molecule has 0 radical (unpaired) electrons. The monoisotopic (exact) mass is 376 g/mol. The number of benzene rings is 2. The molecule has 5 heteroatoms. The number of urea groups is 1. The molecule has 2 aromatic carbocycles. The number of aromatic amines is 1. The third-order valence-corrected chi connectivity index (χ3v) is 5.67. The van der Waals surface area contributed by atoms with Crippen molar-refractivity contribution in [3.8, 4) is 0 Å². The molecule has 5 nitrogen and oxygen atoms in total. The molecule has 1 saturated heterocycles. The van der Waals surface area contributed by atoms with Gasteiger partial charge in [-0.05, 0) is 36.1 Å². The van der Waals surface area contributed by atoms with Crippen LogP contribution in [0.4, 0.5) is 10.5 Å². The lowest BCUT2D eigenvalue weighted by Gasteiger charge is -2.34. The molecule has 4 rings (SSSR count). The highest BCUT2D eigenvalue weighted by Crippen LogP contribution is 2.19. The molecule has 1 fully saturated rings. The molecule has 146 valence electrons. The maximum absolute atomic E-state index is 12.6. The van der Waals surface area contributed by atoms with Crippen molar-refractivity contribution < 1.29 is 4.79 Å². The van der Waals surface area contributed by atoms with E-state index in [4.69, 9.17) is 0 Å². The third kappa shape index (κ3) is 4.04. The molecule has 2 N–H and O–H groups in total. The Hall–Kier alpha value is -2.79. The summed E-state index contributed by atoms with van der Waals surface area (Å²) in [6.45, 7) is 6.52. The number of para-hydroxylation sites is 2. The fourth-order valence-electron chi connectivity index (χ4n) is 3.94. The number of nitrogens with zero attached hydrogens (tertiary/aromatic N) is 2. The minimum atomic E-state index is 0.0113. The molecular formula is C23H28N4O. The molecular weight excluding hydrogens is 348 g/mol. The zero-order valence-corrected chi connectivity index (χ0v) is 16.4. The zero-order chi connectivity index (χ0) is 19.3. The number of anilines is 1. The Kier molecular flexibility index (Phi) is 5.63. The Morgan fingerprint density at radius 2 is 1.75 bits per heavy atom. The second-order valence-corrected chi connectivity index (χ2v) is 7.38.